The molecule has 0 aliphatic heterocycles. The first-order valence-electron chi connectivity index (χ1n) is 1.95. The van der Waals surface area contributed by atoms with Gasteiger partial charge in [-0.15, -0.1) is 8.67 Å². The van der Waals surface area contributed by atoms with Crippen molar-refractivity contribution in [1.29, 1.82) is 0 Å². The maximum Gasteiger partial charge on any atom is 0.246 e. The number of quaternary nitrogens is 2. The van der Waals surface area contributed by atoms with Crippen molar-refractivity contribution in [3.63, 3.8) is 0 Å². The summed E-state index contributed by atoms with van der Waals surface area (Å²) in [5, 5.41) is 7.00. The average molecular weight is 260 g/mol. The Hall–Kier alpha value is -0.380. The molecule has 0 atom stereocenters. The molecule has 0 radical (unpaired) electrons. The van der Waals surface area contributed by atoms with Crippen molar-refractivity contribution in [3.05, 3.63) is 0 Å². The van der Waals surface area contributed by atoms with Gasteiger partial charge in [0.2, 0.25) is 20.8 Å². The molecule has 0 fully saturated rings. The second-order valence-electron chi connectivity index (χ2n) is 0.953. The highest BCUT2D eigenvalue weighted by molar-refractivity contribution is 7.83. The van der Waals surface area contributed by atoms with Crippen LogP contribution in [0.3, 0.4) is 0 Å². The van der Waals surface area contributed by atoms with Gasteiger partial charge >= 0.3 is 0 Å². The van der Waals surface area contributed by atoms with Crippen LogP contribution in [0.2, 0.25) is 0 Å². The highest BCUT2D eigenvalue weighted by atomic mass is 32.3. The van der Waals surface area contributed by atoms with E-state index in [-0.39, 0.29) is 12.3 Å². The number of aliphatic hydroxyl groups excluding tert-OH is 1. The predicted molar refractivity (Wildman–Crippen MR) is 41.7 cm³/mol. The molecular formula is CH12N2O9S2. The monoisotopic (exact) mass is 260 g/mol. The van der Waals surface area contributed by atoms with Gasteiger partial charge in [-0.3, -0.25) is 0 Å². The average Bonchev–Trinajstić information content (AvgIpc) is 1.86. The number of rotatable bonds is 3. The molecule has 0 bridgehead atoms. The van der Waals surface area contributed by atoms with E-state index in [1.165, 1.54) is 0 Å². The van der Waals surface area contributed by atoms with Crippen molar-refractivity contribution in [1.82, 2.24) is 12.3 Å². The lowest BCUT2D eigenvalue weighted by Crippen LogP contribution is -2.10. The summed E-state index contributed by atoms with van der Waals surface area (Å²) in [7, 11) is -9.62. The number of hydrogen-bond acceptors (Lipinski definition) is 9. The largest absolute Gasteiger partial charge is 0.724 e. The third kappa shape index (κ3) is 29.9. The summed E-state index contributed by atoms with van der Waals surface area (Å²) >= 11 is 0. The van der Waals surface area contributed by atoms with E-state index in [0.717, 1.165) is 7.11 Å². The molecule has 0 heterocycles. The van der Waals surface area contributed by atoms with E-state index in [2.05, 4.69) is 8.67 Å². The van der Waals surface area contributed by atoms with Gasteiger partial charge in [-0.05, 0) is 0 Å². The molecule has 0 aliphatic carbocycles. The van der Waals surface area contributed by atoms with Crippen molar-refractivity contribution in [2.75, 3.05) is 7.11 Å². The lowest BCUT2D eigenvalue weighted by atomic mass is 11.8. The molecule has 0 spiro atoms. The number of aliphatic hydroxyl groups is 1. The van der Waals surface area contributed by atoms with E-state index in [4.69, 9.17) is 5.11 Å². The topological polar surface area (TPSA) is 226 Å². The van der Waals surface area contributed by atoms with Gasteiger partial charge < -0.3 is 26.5 Å². The molecule has 0 aromatic carbocycles. The minimum Gasteiger partial charge on any atom is -0.724 e. The molecular weight excluding hydrogens is 248 g/mol. The van der Waals surface area contributed by atoms with Crippen LogP contribution in [0, 0.1) is 0 Å². The van der Waals surface area contributed by atoms with E-state index in [1.807, 2.05) is 0 Å². The molecule has 92 valence electrons. The molecule has 0 saturated carbocycles. The van der Waals surface area contributed by atoms with Crippen molar-refractivity contribution < 1.29 is 39.7 Å². The predicted octanol–water partition coefficient (Wildman–Crippen LogP) is -1.78. The molecule has 0 amide bonds. The van der Waals surface area contributed by atoms with E-state index in [9.17, 15) is 25.9 Å². The zero-order chi connectivity index (χ0) is 10.4. The van der Waals surface area contributed by atoms with Crippen LogP contribution < -0.4 is 12.3 Å². The van der Waals surface area contributed by atoms with Crippen LogP contribution in [-0.4, -0.2) is 38.2 Å². The quantitative estimate of drug-likeness (QED) is 0.225. The summed E-state index contributed by atoms with van der Waals surface area (Å²) in [4.78, 5) is 0. The molecule has 0 aromatic heterocycles. The Labute approximate surface area is 80.6 Å². The first-order chi connectivity index (χ1) is 5.21. The van der Waals surface area contributed by atoms with Gasteiger partial charge in [0.15, 0.2) is 0 Å². The van der Waals surface area contributed by atoms with E-state index in [1.54, 1.807) is 0 Å². The van der Waals surface area contributed by atoms with Gasteiger partial charge in [-0.2, -0.15) is 0 Å². The van der Waals surface area contributed by atoms with Gasteiger partial charge in [0.05, 0.1) is 0 Å². The Morgan fingerprint density at radius 3 is 1.07 bits per heavy atom. The summed E-state index contributed by atoms with van der Waals surface area (Å²) in [6, 6.07) is 0. The van der Waals surface area contributed by atoms with Crippen LogP contribution >= 0.6 is 0 Å². The Kier molecular flexibility index (Phi) is 15.4. The third-order valence-electron chi connectivity index (χ3n) is 0.194. The van der Waals surface area contributed by atoms with Gasteiger partial charge in [0.25, 0.3) is 0 Å². The highest BCUT2D eigenvalue weighted by Crippen LogP contribution is 1.92. The molecule has 9 N–H and O–H groups in total. The Morgan fingerprint density at radius 1 is 0.857 bits per heavy atom. The Bertz CT molecular complexity index is 257. The smallest absolute Gasteiger partial charge is 0.246 e. The van der Waals surface area contributed by atoms with Crippen LogP contribution in [0.1, 0.15) is 0 Å². The second kappa shape index (κ2) is 9.19. The van der Waals surface area contributed by atoms with E-state index >= 15 is 0 Å². The van der Waals surface area contributed by atoms with Gasteiger partial charge in [-0.1, -0.05) is 0 Å². The Balaban J connectivity index is -0.000000117. The minimum absolute atomic E-state index is 0. The maximum absolute atomic E-state index is 9.37. The Morgan fingerprint density at radius 2 is 1.00 bits per heavy atom. The van der Waals surface area contributed by atoms with Crippen molar-refractivity contribution in [2.45, 2.75) is 0 Å². The van der Waals surface area contributed by atoms with Crippen LogP contribution in [0.5, 0.6) is 0 Å². The third-order valence-corrected chi connectivity index (χ3v) is 0.750. The molecule has 0 aromatic rings. The highest BCUT2D eigenvalue weighted by Gasteiger charge is 1.99. The minimum atomic E-state index is -5.31. The maximum atomic E-state index is 9.37. The summed E-state index contributed by atoms with van der Waals surface area (Å²) in [6.07, 6.45) is 0. The normalized spacial score (nSPS) is 10.0. The van der Waals surface area contributed by atoms with Gasteiger partial charge in [0, 0.05) is 7.11 Å². The van der Waals surface area contributed by atoms with Gasteiger partial charge in [-0.25, -0.2) is 16.8 Å². The molecule has 14 heavy (non-hydrogen) atoms. The van der Waals surface area contributed by atoms with E-state index < -0.39 is 20.8 Å². The summed E-state index contributed by atoms with van der Waals surface area (Å²) in [6.45, 7) is 0. The SMILES string of the molecule is CO.O=S(=O)([O-])OOS(=O)(=O)[O-].[NH4+].[NH4+]. The first-order valence-corrected chi connectivity index (χ1v) is 4.61. The van der Waals surface area contributed by atoms with Crippen molar-refractivity contribution in [3.8, 4) is 0 Å². The zero-order valence-corrected chi connectivity index (χ0v) is 9.16. The molecule has 0 saturated heterocycles. The lowest BCUT2D eigenvalue weighted by Gasteiger charge is -2.07. The van der Waals surface area contributed by atoms with Gasteiger partial charge in [0.1, 0.15) is 0 Å². The zero-order valence-electron chi connectivity index (χ0n) is 7.53. The lowest BCUT2D eigenvalue weighted by molar-refractivity contribution is -0.107. The second-order valence-corrected chi connectivity index (χ2v) is 2.86. The molecule has 0 rings (SSSR count). The molecule has 0 unspecified atom stereocenters. The van der Waals surface area contributed by atoms with Crippen LogP contribution in [-0.2, 0) is 29.5 Å². The van der Waals surface area contributed by atoms with E-state index in [0.29, 0.717) is 0 Å². The number of hydrogen-bond donors (Lipinski definition) is 3. The first kappa shape index (κ1) is 23.4. The molecule has 11 nitrogen and oxygen atoms in total. The standard InChI is InChI=1S/CH4O.2H3N.H2O8S2/c1-2;;;1-9(2,3)7-8-10(4,5)6/h2H,1H3;2*1H3;(H,1,2,3)(H,4,5,6). The van der Waals surface area contributed by atoms with Crippen LogP contribution in [0.4, 0.5) is 0 Å². The van der Waals surface area contributed by atoms with Crippen molar-refractivity contribution >= 4 is 20.8 Å². The molecule has 13 heteroatoms. The fraction of sp³-hybridized carbons (Fsp3) is 1.00. The fourth-order valence-electron chi connectivity index (χ4n) is 0.0680. The molecule has 0 aliphatic rings. The van der Waals surface area contributed by atoms with Crippen LogP contribution in [0.15, 0.2) is 0 Å². The van der Waals surface area contributed by atoms with Crippen LogP contribution in [0.25, 0.3) is 0 Å². The summed E-state index contributed by atoms with van der Waals surface area (Å²) in [5.41, 5.74) is 0. The summed E-state index contributed by atoms with van der Waals surface area (Å²) in [5.74, 6) is 0. The van der Waals surface area contributed by atoms with Crippen molar-refractivity contribution in [2.24, 2.45) is 0 Å². The summed E-state index contributed by atoms with van der Waals surface area (Å²) < 4.78 is 61.5. The fourth-order valence-corrected chi connectivity index (χ4v) is 0.612.